The van der Waals surface area contributed by atoms with Crippen molar-refractivity contribution in [1.29, 1.82) is 0 Å². The van der Waals surface area contributed by atoms with E-state index in [4.69, 9.17) is 11.6 Å². The van der Waals surface area contributed by atoms with E-state index in [1.54, 1.807) is 7.05 Å². The number of aromatic nitrogens is 1. The zero-order valence-electron chi connectivity index (χ0n) is 11.3. The molecule has 1 aliphatic carbocycles. The molecule has 0 aliphatic heterocycles. The molecule has 1 aromatic rings. The number of nitro groups is 1. The first-order valence-corrected chi connectivity index (χ1v) is 7.21. The Kier molecular flexibility index (Phi) is 4.65. The topological polar surface area (TPSA) is 77.2 Å². The molecule has 1 aromatic heterocycles. The lowest BCUT2D eigenvalue weighted by Crippen LogP contribution is -2.32. The van der Waals surface area contributed by atoms with E-state index in [1.165, 1.54) is 16.8 Å². The van der Waals surface area contributed by atoms with Gasteiger partial charge in [0.05, 0.1) is 11.1 Å². The molecule has 0 radical (unpaired) electrons. The van der Waals surface area contributed by atoms with Crippen molar-refractivity contribution in [1.82, 2.24) is 9.88 Å². The summed E-state index contributed by atoms with van der Waals surface area (Å²) in [5.41, 5.74) is 0.231. The van der Waals surface area contributed by atoms with Crippen LogP contribution in [-0.4, -0.2) is 27.8 Å². The number of aryl methyl sites for hydroxylation is 1. The number of carbonyl (C=O) groups excluding carboxylic acids is 1. The van der Waals surface area contributed by atoms with Crippen LogP contribution in [0.3, 0.4) is 0 Å². The fourth-order valence-corrected chi connectivity index (χ4v) is 3.18. The molecule has 1 N–H and O–H groups in total. The van der Waals surface area contributed by atoms with E-state index in [0.717, 1.165) is 19.3 Å². The van der Waals surface area contributed by atoms with Crippen molar-refractivity contribution < 1.29 is 9.72 Å². The lowest BCUT2D eigenvalue weighted by atomic mass is 9.98. The molecule has 0 bridgehead atoms. The summed E-state index contributed by atoms with van der Waals surface area (Å²) in [6.07, 6.45) is 4.67. The van der Waals surface area contributed by atoms with Gasteiger partial charge in [-0.15, -0.1) is 11.6 Å². The standard InChI is InChI=1S/C13H18ClN3O3/c1-16-8-11(17(19)20)5-12(16)13(18)15-7-10-4-2-3-9(10)6-14/h5,8-10H,2-4,6-7H2,1H3,(H,15,18). The Morgan fingerprint density at radius 2 is 2.25 bits per heavy atom. The number of carbonyl (C=O) groups is 1. The summed E-state index contributed by atoms with van der Waals surface area (Å²) < 4.78 is 1.47. The van der Waals surface area contributed by atoms with E-state index in [2.05, 4.69) is 5.32 Å². The van der Waals surface area contributed by atoms with E-state index in [-0.39, 0.29) is 11.6 Å². The Balaban J connectivity index is 1.96. The second-order valence-corrected chi connectivity index (χ2v) is 5.58. The van der Waals surface area contributed by atoms with Crippen LogP contribution in [0.1, 0.15) is 29.8 Å². The van der Waals surface area contributed by atoms with Crippen LogP contribution in [0.2, 0.25) is 0 Å². The van der Waals surface area contributed by atoms with Crippen molar-refractivity contribution in [3.05, 3.63) is 28.1 Å². The largest absolute Gasteiger partial charge is 0.350 e. The lowest BCUT2D eigenvalue weighted by molar-refractivity contribution is -0.384. The van der Waals surface area contributed by atoms with Gasteiger partial charge in [0.15, 0.2) is 0 Å². The second kappa shape index (κ2) is 6.26. The van der Waals surface area contributed by atoms with E-state index >= 15 is 0 Å². The van der Waals surface area contributed by atoms with Gasteiger partial charge in [0, 0.05) is 25.5 Å². The first-order valence-electron chi connectivity index (χ1n) is 6.68. The third kappa shape index (κ3) is 3.12. The SMILES string of the molecule is Cn1cc([N+](=O)[O-])cc1C(=O)NCC1CCCC1CCl. The number of alkyl halides is 1. The first-order chi connectivity index (χ1) is 9.52. The van der Waals surface area contributed by atoms with Crippen molar-refractivity contribution in [2.45, 2.75) is 19.3 Å². The van der Waals surface area contributed by atoms with Crippen LogP contribution < -0.4 is 5.32 Å². The highest BCUT2D eigenvalue weighted by Gasteiger charge is 2.27. The van der Waals surface area contributed by atoms with Gasteiger partial charge in [0.2, 0.25) is 0 Å². The van der Waals surface area contributed by atoms with Crippen LogP contribution >= 0.6 is 11.6 Å². The summed E-state index contributed by atoms with van der Waals surface area (Å²) in [7, 11) is 1.62. The molecule has 0 spiro atoms. The molecule has 1 heterocycles. The van der Waals surface area contributed by atoms with Crippen molar-refractivity contribution in [3.63, 3.8) is 0 Å². The maximum Gasteiger partial charge on any atom is 0.287 e. The lowest BCUT2D eigenvalue weighted by Gasteiger charge is -2.17. The van der Waals surface area contributed by atoms with Crippen molar-refractivity contribution in [2.75, 3.05) is 12.4 Å². The average Bonchev–Trinajstić information content (AvgIpc) is 3.01. The fraction of sp³-hybridized carbons (Fsp3) is 0.615. The average molecular weight is 300 g/mol. The number of nitrogens with one attached hydrogen (secondary N) is 1. The summed E-state index contributed by atoms with van der Waals surface area (Å²) in [5.74, 6) is 1.21. The summed E-state index contributed by atoms with van der Waals surface area (Å²) in [4.78, 5) is 22.2. The highest BCUT2D eigenvalue weighted by Crippen LogP contribution is 2.32. The Morgan fingerprint density at radius 1 is 1.55 bits per heavy atom. The number of hydrogen-bond acceptors (Lipinski definition) is 3. The van der Waals surface area contributed by atoms with Crippen LogP contribution in [0.4, 0.5) is 5.69 Å². The van der Waals surface area contributed by atoms with Crippen LogP contribution in [-0.2, 0) is 7.05 Å². The van der Waals surface area contributed by atoms with E-state index in [0.29, 0.717) is 30.0 Å². The quantitative estimate of drug-likeness (QED) is 0.515. The summed E-state index contributed by atoms with van der Waals surface area (Å²) in [6, 6.07) is 1.29. The van der Waals surface area contributed by atoms with Crippen molar-refractivity contribution >= 4 is 23.2 Å². The molecule has 1 aliphatic rings. The molecule has 2 unspecified atom stereocenters. The Bertz CT molecular complexity index is 515. The van der Waals surface area contributed by atoms with Crippen LogP contribution in [0.15, 0.2) is 12.3 Å². The van der Waals surface area contributed by atoms with Gasteiger partial charge in [-0.3, -0.25) is 14.9 Å². The molecule has 110 valence electrons. The maximum atomic E-state index is 12.1. The molecular formula is C13H18ClN3O3. The van der Waals surface area contributed by atoms with Gasteiger partial charge in [-0.1, -0.05) is 6.42 Å². The summed E-state index contributed by atoms with van der Waals surface area (Å²) >= 11 is 5.91. The minimum Gasteiger partial charge on any atom is -0.350 e. The van der Waals surface area contributed by atoms with Gasteiger partial charge in [-0.2, -0.15) is 0 Å². The Hall–Kier alpha value is -1.56. The molecule has 6 nitrogen and oxygen atoms in total. The molecule has 7 heteroatoms. The molecule has 2 atom stereocenters. The normalized spacial score (nSPS) is 21.9. The summed E-state index contributed by atoms with van der Waals surface area (Å²) in [6.45, 7) is 0.579. The van der Waals surface area contributed by atoms with Crippen molar-refractivity contribution in [2.24, 2.45) is 18.9 Å². The fourth-order valence-electron chi connectivity index (χ4n) is 2.77. The van der Waals surface area contributed by atoms with Gasteiger partial charge >= 0.3 is 0 Å². The van der Waals surface area contributed by atoms with Gasteiger partial charge in [-0.25, -0.2) is 0 Å². The third-order valence-electron chi connectivity index (χ3n) is 3.97. The monoisotopic (exact) mass is 299 g/mol. The minimum atomic E-state index is -0.503. The van der Waals surface area contributed by atoms with Gasteiger partial charge in [0.1, 0.15) is 5.69 Å². The van der Waals surface area contributed by atoms with E-state index in [1.807, 2.05) is 0 Å². The molecule has 1 fully saturated rings. The maximum absolute atomic E-state index is 12.1. The number of rotatable bonds is 5. The first kappa shape index (κ1) is 14.8. The molecule has 20 heavy (non-hydrogen) atoms. The van der Waals surface area contributed by atoms with Gasteiger partial charge in [-0.05, 0) is 24.7 Å². The highest BCUT2D eigenvalue weighted by atomic mass is 35.5. The van der Waals surface area contributed by atoms with Gasteiger partial charge < -0.3 is 9.88 Å². The molecule has 2 rings (SSSR count). The molecule has 0 saturated heterocycles. The third-order valence-corrected chi connectivity index (χ3v) is 4.37. The predicted molar refractivity (Wildman–Crippen MR) is 76.0 cm³/mol. The smallest absolute Gasteiger partial charge is 0.287 e. The highest BCUT2D eigenvalue weighted by molar-refractivity contribution is 6.18. The van der Waals surface area contributed by atoms with E-state index < -0.39 is 4.92 Å². The summed E-state index contributed by atoms with van der Waals surface area (Å²) in [5, 5.41) is 13.5. The number of hydrogen-bond donors (Lipinski definition) is 1. The van der Waals surface area contributed by atoms with Crippen LogP contribution in [0.5, 0.6) is 0 Å². The molecule has 1 amide bonds. The number of amides is 1. The number of halogens is 1. The second-order valence-electron chi connectivity index (χ2n) is 5.27. The molecule has 0 aromatic carbocycles. The minimum absolute atomic E-state index is 0.0721. The number of nitrogens with zero attached hydrogens (tertiary/aromatic N) is 2. The molecular weight excluding hydrogens is 282 g/mol. The van der Waals surface area contributed by atoms with Crippen LogP contribution in [0, 0.1) is 22.0 Å². The van der Waals surface area contributed by atoms with Crippen molar-refractivity contribution in [3.8, 4) is 0 Å². The van der Waals surface area contributed by atoms with E-state index in [9.17, 15) is 14.9 Å². The Morgan fingerprint density at radius 3 is 2.85 bits per heavy atom. The zero-order valence-corrected chi connectivity index (χ0v) is 12.1. The zero-order chi connectivity index (χ0) is 14.7. The molecule has 1 saturated carbocycles. The van der Waals surface area contributed by atoms with Gasteiger partial charge in [0.25, 0.3) is 11.6 Å². The predicted octanol–water partition coefficient (Wildman–Crippen LogP) is 2.32. The van der Waals surface area contributed by atoms with Crippen LogP contribution in [0.25, 0.3) is 0 Å². The Labute approximate surface area is 122 Å².